The molecule has 2 aromatic rings. The number of hydrogen-bond donors (Lipinski definition) is 1. The van der Waals surface area contributed by atoms with Gasteiger partial charge < -0.3 is 5.32 Å². The number of hydrogen-bond acceptors (Lipinski definition) is 5. The van der Waals surface area contributed by atoms with Crippen LogP contribution in [0.5, 0.6) is 0 Å². The molecule has 1 aromatic carbocycles. The van der Waals surface area contributed by atoms with Gasteiger partial charge in [0.25, 0.3) is 0 Å². The largest absolute Gasteiger partial charge is 0.308 e. The van der Waals surface area contributed by atoms with Gasteiger partial charge >= 0.3 is 0 Å². The van der Waals surface area contributed by atoms with Gasteiger partial charge in [-0.2, -0.15) is 0 Å². The first-order valence-corrected chi connectivity index (χ1v) is 7.93. The van der Waals surface area contributed by atoms with Gasteiger partial charge in [0.15, 0.2) is 0 Å². The summed E-state index contributed by atoms with van der Waals surface area (Å²) in [5.74, 6) is 0.908. The van der Waals surface area contributed by atoms with Crippen molar-refractivity contribution in [2.24, 2.45) is 0 Å². The van der Waals surface area contributed by atoms with E-state index in [2.05, 4.69) is 39.8 Å². The van der Waals surface area contributed by atoms with Crippen LogP contribution in [0.15, 0.2) is 35.2 Å². The molecule has 94 valence electrons. The molecule has 3 rings (SSSR count). The zero-order chi connectivity index (χ0) is 12.2. The SMILES string of the molecule is c1ccc(SCc2nnc(CNC3CC3)s2)cc1. The molecule has 0 amide bonds. The summed E-state index contributed by atoms with van der Waals surface area (Å²) in [5.41, 5.74) is 0. The van der Waals surface area contributed by atoms with Crippen LogP contribution in [0.3, 0.4) is 0 Å². The average molecular weight is 277 g/mol. The Hall–Kier alpha value is -0.910. The lowest BCUT2D eigenvalue weighted by Crippen LogP contribution is -2.14. The molecule has 0 saturated heterocycles. The van der Waals surface area contributed by atoms with Crippen LogP contribution in [-0.4, -0.2) is 16.2 Å². The van der Waals surface area contributed by atoms with E-state index in [1.807, 2.05) is 17.8 Å². The van der Waals surface area contributed by atoms with Crippen molar-refractivity contribution >= 4 is 23.1 Å². The minimum absolute atomic E-state index is 0.732. The average Bonchev–Trinajstić information content (AvgIpc) is 3.14. The first kappa shape index (κ1) is 12.1. The highest BCUT2D eigenvalue weighted by Gasteiger charge is 2.20. The molecule has 0 aliphatic heterocycles. The number of aromatic nitrogens is 2. The molecule has 1 saturated carbocycles. The molecule has 1 aliphatic rings. The number of nitrogens with zero attached hydrogens (tertiary/aromatic N) is 2. The van der Waals surface area contributed by atoms with Crippen LogP contribution in [-0.2, 0) is 12.3 Å². The zero-order valence-corrected chi connectivity index (χ0v) is 11.6. The van der Waals surface area contributed by atoms with E-state index in [-0.39, 0.29) is 0 Å². The Balaban J connectivity index is 1.50. The van der Waals surface area contributed by atoms with Crippen molar-refractivity contribution < 1.29 is 0 Å². The molecule has 0 bridgehead atoms. The van der Waals surface area contributed by atoms with Crippen molar-refractivity contribution in [2.75, 3.05) is 0 Å². The van der Waals surface area contributed by atoms with Crippen LogP contribution in [0, 0.1) is 0 Å². The van der Waals surface area contributed by atoms with E-state index in [1.54, 1.807) is 11.3 Å². The van der Waals surface area contributed by atoms with Gasteiger partial charge in [0.05, 0.1) is 5.75 Å². The van der Waals surface area contributed by atoms with Crippen LogP contribution in [0.25, 0.3) is 0 Å². The number of thioether (sulfide) groups is 1. The second-order valence-corrected chi connectivity index (χ2v) is 6.54. The molecule has 0 unspecified atom stereocenters. The van der Waals surface area contributed by atoms with Gasteiger partial charge in [-0.3, -0.25) is 0 Å². The maximum absolute atomic E-state index is 4.24. The molecule has 0 spiro atoms. The predicted octanol–water partition coefficient (Wildman–Crippen LogP) is 3.08. The van der Waals surface area contributed by atoms with E-state index < -0.39 is 0 Å². The Labute approximate surface area is 115 Å². The molecule has 0 radical (unpaired) electrons. The summed E-state index contributed by atoms with van der Waals surface area (Å²) in [4.78, 5) is 1.28. The Morgan fingerprint density at radius 3 is 2.72 bits per heavy atom. The fraction of sp³-hybridized carbons (Fsp3) is 0.385. The molecule has 1 aromatic heterocycles. The lowest BCUT2D eigenvalue weighted by Gasteiger charge is -1.97. The third-order valence-corrected chi connectivity index (χ3v) is 4.86. The maximum atomic E-state index is 4.24. The standard InChI is InChI=1S/C13H15N3S2/c1-2-4-11(5-3-1)17-9-13-16-15-12(18-13)8-14-10-6-7-10/h1-5,10,14H,6-9H2. The Morgan fingerprint density at radius 1 is 1.17 bits per heavy atom. The molecule has 1 aliphatic carbocycles. The molecule has 0 atom stereocenters. The van der Waals surface area contributed by atoms with Gasteiger partial charge in [-0.15, -0.1) is 22.0 Å². The lowest BCUT2D eigenvalue weighted by atomic mass is 10.4. The Morgan fingerprint density at radius 2 is 1.94 bits per heavy atom. The summed E-state index contributed by atoms with van der Waals surface area (Å²) in [5, 5.41) is 14.1. The van der Waals surface area contributed by atoms with Crippen molar-refractivity contribution in [3.8, 4) is 0 Å². The second kappa shape index (κ2) is 5.82. The minimum Gasteiger partial charge on any atom is -0.308 e. The number of rotatable bonds is 6. The van der Waals surface area contributed by atoms with Gasteiger partial charge in [-0.05, 0) is 25.0 Å². The summed E-state index contributed by atoms with van der Waals surface area (Å²) in [6.45, 7) is 0.873. The first-order valence-electron chi connectivity index (χ1n) is 6.12. The van der Waals surface area contributed by atoms with E-state index >= 15 is 0 Å². The van der Waals surface area contributed by atoms with Crippen molar-refractivity contribution in [3.05, 3.63) is 40.3 Å². The molecule has 18 heavy (non-hydrogen) atoms. The number of nitrogens with one attached hydrogen (secondary N) is 1. The molecule has 5 heteroatoms. The van der Waals surface area contributed by atoms with Crippen molar-refractivity contribution in [1.82, 2.24) is 15.5 Å². The second-order valence-electron chi connectivity index (χ2n) is 4.35. The molecular formula is C13H15N3S2. The highest BCUT2D eigenvalue weighted by Crippen LogP contribution is 2.24. The number of benzene rings is 1. The minimum atomic E-state index is 0.732. The Kier molecular flexibility index (Phi) is 3.93. The van der Waals surface area contributed by atoms with Gasteiger partial charge in [0, 0.05) is 17.5 Å². The van der Waals surface area contributed by atoms with Crippen LogP contribution in [0.1, 0.15) is 22.9 Å². The fourth-order valence-electron chi connectivity index (χ4n) is 1.60. The quantitative estimate of drug-likeness (QED) is 0.823. The molecule has 1 N–H and O–H groups in total. The maximum Gasteiger partial charge on any atom is 0.131 e. The Bertz CT molecular complexity index is 494. The van der Waals surface area contributed by atoms with Crippen molar-refractivity contribution in [2.45, 2.75) is 36.1 Å². The first-order chi connectivity index (χ1) is 8.90. The van der Waals surface area contributed by atoms with E-state index in [9.17, 15) is 0 Å². The van der Waals surface area contributed by atoms with Crippen LogP contribution < -0.4 is 5.32 Å². The summed E-state index contributed by atoms with van der Waals surface area (Å²) >= 11 is 3.53. The van der Waals surface area contributed by atoms with Crippen molar-refractivity contribution in [1.29, 1.82) is 0 Å². The third-order valence-electron chi connectivity index (χ3n) is 2.73. The normalized spacial score (nSPS) is 14.9. The molecule has 1 fully saturated rings. The summed E-state index contributed by atoms with van der Waals surface area (Å²) < 4.78 is 0. The zero-order valence-electron chi connectivity index (χ0n) is 10.0. The monoisotopic (exact) mass is 277 g/mol. The van der Waals surface area contributed by atoms with Gasteiger partial charge in [0.1, 0.15) is 10.0 Å². The van der Waals surface area contributed by atoms with Gasteiger partial charge in [-0.1, -0.05) is 29.5 Å². The highest BCUT2D eigenvalue weighted by molar-refractivity contribution is 7.98. The topological polar surface area (TPSA) is 37.8 Å². The summed E-state index contributed by atoms with van der Waals surface area (Å²) in [6, 6.07) is 11.1. The summed E-state index contributed by atoms with van der Waals surface area (Å²) in [7, 11) is 0. The molecule has 1 heterocycles. The van der Waals surface area contributed by atoms with E-state index in [0.717, 1.165) is 28.4 Å². The smallest absolute Gasteiger partial charge is 0.131 e. The van der Waals surface area contributed by atoms with Crippen LogP contribution in [0.2, 0.25) is 0 Å². The van der Waals surface area contributed by atoms with Gasteiger partial charge in [0.2, 0.25) is 0 Å². The van der Waals surface area contributed by atoms with Crippen LogP contribution in [0.4, 0.5) is 0 Å². The third kappa shape index (κ3) is 3.54. The van der Waals surface area contributed by atoms with E-state index in [0.29, 0.717) is 0 Å². The van der Waals surface area contributed by atoms with E-state index in [4.69, 9.17) is 0 Å². The summed E-state index contributed by atoms with van der Waals surface area (Å²) in [6.07, 6.45) is 2.63. The predicted molar refractivity (Wildman–Crippen MR) is 75.8 cm³/mol. The highest BCUT2D eigenvalue weighted by atomic mass is 32.2. The molecular weight excluding hydrogens is 262 g/mol. The van der Waals surface area contributed by atoms with Gasteiger partial charge in [-0.25, -0.2) is 0 Å². The fourth-order valence-corrected chi connectivity index (χ4v) is 3.30. The van der Waals surface area contributed by atoms with Crippen LogP contribution >= 0.6 is 23.1 Å². The molecule has 3 nitrogen and oxygen atoms in total. The van der Waals surface area contributed by atoms with E-state index in [1.165, 1.54) is 17.7 Å². The van der Waals surface area contributed by atoms with Crippen molar-refractivity contribution in [3.63, 3.8) is 0 Å². The lowest BCUT2D eigenvalue weighted by molar-refractivity contribution is 0.678.